The minimum Gasteiger partial charge on any atom is -0.324 e. The Hall–Kier alpha value is -1.92. The van der Waals surface area contributed by atoms with E-state index in [4.69, 9.17) is 17.5 Å². The fraction of sp³-hybridized carbons (Fsp3) is 0.636. The Morgan fingerprint density at radius 3 is 2.17 bits per heavy atom. The number of hydrogen-bond donors (Lipinski definition) is 3. The first-order valence-corrected chi connectivity index (χ1v) is 5.72. The molecule has 0 fully saturated rings. The third kappa shape index (κ3) is 5.97. The highest BCUT2D eigenvalue weighted by atomic mass is 15.1. The van der Waals surface area contributed by atoms with E-state index in [2.05, 4.69) is 20.3 Å². The van der Waals surface area contributed by atoms with E-state index in [9.17, 15) is 0 Å². The first-order valence-electron chi connectivity index (χ1n) is 5.72. The maximum Gasteiger partial charge on any atom is 0.0430 e. The number of nitrogens with two attached hydrogens (primary N) is 3. The molecule has 7 nitrogen and oxygen atoms in total. The fourth-order valence-electron chi connectivity index (χ4n) is 1.65. The first-order chi connectivity index (χ1) is 8.58. The van der Waals surface area contributed by atoms with E-state index in [0.717, 1.165) is 24.3 Å². The zero-order chi connectivity index (χ0) is 14.0. The van der Waals surface area contributed by atoms with Crippen molar-refractivity contribution in [2.75, 3.05) is 7.05 Å². The van der Waals surface area contributed by atoms with Crippen molar-refractivity contribution in [1.82, 2.24) is 0 Å². The van der Waals surface area contributed by atoms with Crippen LogP contribution in [0.4, 0.5) is 0 Å². The molecular formula is C11H23N7. The molecule has 6 N–H and O–H groups in total. The summed E-state index contributed by atoms with van der Waals surface area (Å²) in [5.74, 6) is 15.8. The molecule has 0 saturated heterocycles. The summed E-state index contributed by atoms with van der Waals surface area (Å²) in [6.07, 6.45) is 4.85. The second-order valence-electron chi connectivity index (χ2n) is 4.13. The Balaban J connectivity index is 4.81. The number of aliphatic imine (C=N–C) groups is 1. The highest BCUT2D eigenvalue weighted by molar-refractivity contribution is 5.97. The molecule has 0 bridgehead atoms. The zero-order valence-electron chi connectivity index (χ0n) is 11.2. The van der Waals surface area contributed by atoms with Crippen molar-refractivity contribution in [2.45, 2.75) is 26.7 Å². The molecule has 0 saturated carbocycles. The molecule has 2 atom stereocenters. The van der Waals surface area contributed by atoms with Crippen LogP contribution < -0.4 is 17.5 Å². The van der Waals surface area contributed by atoms with Gasteiger partial charge in [0, 0.05) is 42.7 Å². The summed E-state index contributed by atoms with van der Waals surface area (Å²) < 4.78 is 0. The van der Waals surface area contributed by atoms with Crippen molar-refractivity contribution < 1.29 is 0 Å². The van der Waals surface area contributed by atoms with E-state index in [1.807, 2.05) is 13.8 Å². The molecule has 0 aliphatic heterocycles. The quantitative estimate of drug-likeness (QED) is 0.343. The molecule has 0 aliphatic rings. The van der Waals surface area contributed by atoms with E-state index in [-0.39, 0.29) is 11.8 Å². The van der Waals surface area contributed by atoms with Crippen molar-refractivity contribution in [3.63, 3.8) is 0 Å². The van der Waals surface area contributed by atoms with Crippen LogP contribution in [0.15, 0.2) is 20.3 Å². The van der Waals surface area contributed by atoms with Crippen molar-refractivity contribution in [2.24, 2.45) is 49.7 Å². The molecule has 0 heterocycles. The predicted molar refractivity (Wildman–Crippen MR) is 77.9 cm³/mol. The van der Waals surface area contributed by atoms with Crippen LogP contribution in [0.25, 0.3) is 0 Å². The van der Waals surface area contributed by atoms with Gasteiger partial charge in [-0.15, -0.1) is 0 Å². The van der Waals surface area contributed by atoms with E-state index in [0.29, 0.717) is 0 Å². The summed E-state index contributed by atoms with van der Waals surface area (Å²) in [6.45, 7) is 3.80. The van der Waals surface area contributed by atoms with Gasteiger partial charge >= 0.3 is 0 Å². The van der Waals surface area contributed by atoms with E-state index < -0.39 is 0 Å². The number of nitrogens with zero attached hydrogens (tertiary/aromatic N) is 4. The molecule has 2 unspecified atom stereocenters. The van der Waals surface area contributed by atoms with Gasteiger partial charge in [-0.25, -0.2) is 0 Å². The van der Waals surface area contributed by atoms with Gasteiger partial charge in [-0.05, 0) is 26.7 Å². The number of hydrogen-bond acceptors (Lipinski definition) is 7. The van der Waals surface area contributed by atoms with Crippen LogP contribution in [0.1, 0.15) is 26.7 Å². The minimum absolute atomic E-state index is 0.0207. The van der Waals surface area contributed by atoms with Crippen LogP contribution in [-0.4, -0.2) is 30.9 Å². The summed E-state index contributed by atoms with van der Waals surface area (Å²) in [6, 6.07) is 0. The van der Waals surface area contributed by atoms with Gasteiger partial charge in [-0.2, -0.15) is 15.3 Å². The van der Waals surface area contributed by atoms with Gasteiger partial charge in [0.05, 0.1) is 0 Å². The SMILES string of the molecule is CN=C(C)CC(/C=N/N)CC(/C=N/N)/C(C)=N\N. The molecule has 0 rings (SSSR count). The Bertz CT molecular complexity index is 343. The first kappa shape index (κ1) is 16.1. The standard InChI is InChI=1S/C11H23N7/c1-8(15-3)4-10(6-16-12)5-11(7-17-13)9(2)18-14/h6-7,10-11H,4-5,12-14H2,1-3H3/b15-8?,16-6+,17-7+,18-9-. The Kier molecular flexibility index (Phi) is 8.17. The van der Waals surface area contributed by atoms with Gasteiger partial charge in [0.15, 0.2) is 0 Å². The van der Waals surface area contributed by atoms with Gasteiger partial charge in [-0.1, -0.05) is 0 Å². The molecule has 0 amide bonds. The van der Waals surface area contributed by atoms with Crippen LogP contribution in [0.3, 0.4) is 0 Å². The molecule has 102 valence electrons. The monoisotopic (exact) mass is 253 g/mol. The average molecular weight is 253 g/mol. The Labute approximate surface area is 108 Å². The van der Waals surface area contributed by atoms with E-state index in [1.54, 1.807) is 19.5 Å². The normalized spacial score (nSPS) is 17.5. The summed E-state index contributed by atoms with van der Waals surface area (Å²) in [4.78, 5) is 4.13. The summed E-state index contributed by atoms with van der Waals surface area (Å²) in [5, 5.41) is 10.8. The van der Waals surface area contributed by atoms with Crippen LogP contribution >= 0.6 is 0 Å². The average Bonchev–Trinajstić information content (AvgIpc) is 2.37. The topological polar surface area (TPSA) is 127 Å². The highest BCUT2D eigenvalue weighted by Crippen LogP contribution is 2.15. The smallest absolute Gasteiger partial charge is 0.0430 e. The van der Waals surface area contributed by atoms with Gasteiger partial charge in [0.2, 0.25) is 0 Å². The molecule has 0 spiro atoms. The summed E-state index contributed by atoms with van der Waals surface area (Å²) in [7, 11) is 1.76. The summed E-state index contributed by atoms with van der Waals surface area (Å²) in [5.41, 5.74) is 1.80. The van der Waals surface area contributed by atoms with E-state index >= 15 is 0 Å². The number of hydrazone groups is 3. The maximum absolute atomic E-state index is 5.28. The van der Waals surface area contributed by atoms with Crippen molar-refractivity contribution in [1.29, 1.82) is 0 Å². The molecule has 0 radical (unpaired) electrons. The Morgan fingerprint density at radius 1 is 1.11 bits per heavy atom. The predicted octanol–water partition coefficient (Wildman–Crippen LogP) is 0.313. The third-order valence-corrected chi connectivity index (χ3v) is 2.80. The largest absolute Gasteiger partial charge is 0.324 e. The molecule has 0 aromatic heterocycles. The highest BCUT2D eigenvalue weighted by Gasteiger charge is 2.17. The minimum atomic E-state index is -0.0207. The van der Waals surface area contributed by atoms with Crippen LogP contribution in [-0.2, 0) is 0 Å². The maximum atomic E-state index is 5.28. The van der Waals surface area contributed by atoms with Crippen molar-refractivity contribution in [3.8, 4) is 0 Å². The summed E-state index contributed by atoms with van der Waals surface area (Å²) >= 11 is 0. The molecular weight excluding hydrogens is 230 g/mol. The second kappa shape index (κ2) is 9.15. The fourth-order valence-corrected chi connectivity index (χ4v) is 1.65. The third-order valence-electron chi connectivity index (χ3n) is 2.80. The second-order valence-corrected chi connectivity index (χ2v) is 4.13. The molecule has 0 aromatic carbocycles. The van der Waals surface area contributed by atoms with E-state index in [1.165, 1.54) is 0 Å². The number of rotatable bonds is 7. The van der Waals surface area contributed by atoms with Gasteiger partial charge in [0.25, 0.3) is 0 Å². The lowest BCUT2D eigenvalue weighted by molar-refractivity contribution is 0.628. The van der Waals surface area contributed by atoms with Gasteiger partial charge < -0.3 is 17.5 Å². The van der Waals surface area contributed by atoms with Gasteiger partial charge in [-0.3, -0.25) is 4.99 Å². The van der Waals surface area contributed by atoms with Crippen LogP contribution in [0.2, 0.25) is 0 Å². The lowest BCUT2D eigenvalue weighted by atomic mass is 9.89. The van der Waals surface area contributed by atoms with Crippen LogP contribution in [0.5, 0.6) is 0 Å². The lowest BCUT2D eigenvalue weighted by Crippen LogP contribution is -2.21. The molecule has 7 heteroatoms. The van der Waals surface area contributed by atoms with Gasteiger partial charge in [0.1, 0.15) is 0 Å². The molecule has 18 heavy (non-hydrogen) atoms. The van der Waals surface area contributed by atoms with Crippen LogP contribution in [0, 0.1) is 11.8 Å². The molecule has 0 aliphatic carbocycles. The zero-order valence-corrected chi connectivity index (χ0v) is 11.2. The molecule has 0 aromatic rings. The Morgan fingerprint density at radius 2 is 1.72 bits per heavy atom. The lowest BCUT2D eigenvalue weighted by Gasteiger charge is -2.17. The van der Waals surface area contributed by atoms with Crippen molar-refractivity contribution >= 4 is 23.9 Å². The van der Waals surface area contributed by atoms with Crippen molar-refractivity contribution in [3.05, 3.63) is 0 Å².